The molecule has 1 rings (SSSR count). The summed E-state index contributed by atoms with van der Waals surface area (Å²) in [6.07, 6.45) is 11.0. The Hall–Kier alpha value is -2.54. The van der Waals surface area contributed by atoms with Crippen LogP contribution in [0, 0.1) is 6.92 Å². The molecular formula is C23H29N. The van der Waals surface area contributed by atoms with Crippen molar-refractivity contribution in [2.75, 3.05) is 0 Å². The summed E-state index contributed by atoms with van der Waals surface area (Å²) in [7, 11) is 0. The molecule has 1 heteroatoms. The largest absolute Gasteiger partial charge is 0.356 e. The summed E-state index contributed by atoms with van der Waals surface area (Å²) < 4.78 is 0. The molecule has 0 aromatic heterocycles. The molecule has 1 aromatic rings. The molecule has 0 amide bonds. The van der Waals surface area contributed by atoms with Crippen LogP contribution in [0.3, 0.4) is 0 Å². The predicted molar refractivity (Wildman–Crippen MR) is 109 cm³/mol. The Labute approximate surface area is 147 Å². The van der Waals surface area contributed by atoms with Gasteiger partial charge < -0.3 is 5.32 Å². The highest BCUT2D eigenvalue weighted by Gasteiger charge is 2.02. The van der Waals surface area contributed by atoms with Crippen LogP contribution >= 0.6 is 0 Å². The van der Waals surface area contributed by atoms with Crippen LogP contribution in [-0.2, 0) is 6.42 Å². The Kier molecular flexibility index (Phi) is 7.77. The van der Waals surface area contributed by atoms with Crippen molar-refractivity contribution in [2.45, 2.75) is 34.1 Å². The molecule has 0 atom stereocenters. The van der Waals surface area contributed by atoms with Crippen molar-refractivity contribution in [3.63, 3.8) is 0 Å². The van der Waals surface area contributed by atoms with Crippen molar-refractivity contribution in [1.82, 2.24) is 5.32 Å². The van der Waals surface area contributed by atoms with Gasteiger partial charge in [0.2, 0.25) is 0 Å². The van der Waals surface area contributed by atoms with Gasteiger partial charge in [-0.25, -0.2) is 0 Å². The molecule has 0 spiro atoms. The number of benzene rings is 1. The van der Waals surface area contributed by atoms with Crippen LogP contribution in [-0.4, -0.2) is 0 Å². The summed E-state index contributed by atoms with van der Waals surface area (Å²) in [5.74, 6) is 0. The van der Waals surface area contributed by atoms with Crippen LogP contribution < -0.4 is 5.32 Å². The molecule has 0 bridgehead atoms. The average Bonchev–Trinajstić information content (AvgIpc) is 2.56. The first-order valence-corrected chi connectivity index (χ1v) is 8.35. The molecule has 0 aliphatic rings. The first-order valence-electron chi connectivity index (χ1n) is 8.35. The molecule has 0 fully saturated rings. The second-order valence-electron chi connectivity index (χ2n) is 5.65. The average molecular weight is 319 g/mol. The predicted octanol–water partition coefficient (Wildman–Crippen LogP) is 6.27. The molecule has 1 aromatic carbocycles. The molecule has 0 unspecified atom stereocenters. The fraction of sp³-hybridized carbons (Fsp3) is 0.217. The van der Waals surface area contributed by atoms with E-state index >= 15 is 0 Å². The molecule has 0 radical (unpaired) electrons. The molecule has 0 aliphatic heterocycles. The van der Waals surface area contributed by atoms with Crippen molar-refractivity contribution in [2.24, 2.45) is 0 Å². The van der Waals surface area contributed by atoms with Crippen LogP contribution in [0.4, 0.5) is 0 Å². The van der Waals surface area contributed by atoms with Gasteiger partial charge in [0.05, 0.1) is 0 Å². The third-order valence-electron chi connectivity index (χ3n) is 4.02. The molecule has 126 valence electrons. The Morgan fingerprint density at radius 1 is 1.12 bits per heavy atom. The number of rotatable bonds is 8. The van der Waals surface area contributed by atoms with E-state index < -0.39 is 0 Å². The summed E-state index contributed by atoms with van der Waals surface area (Å²) in [4.78, 5) is 0. The van der Waals surface area contributed by atoms with Gasteiger partial charge in [0.1, 0.15) is 0 Å². The fourth-order valence-corrected chi connectivity index (χ4v) is 2.54. The molecule has 1 nitrogen and oxygen atoms in total. The normalized spacial score (nSPS) is 12.3. The van der Waals surface area contributed by atoms with Crippen molar-refractivity contribution in [3.05, 3.63) is 102 Å². The van der Waals surface area contributed by atoms with E-state index in [1.807, 2.05) is 26.0 Å². The maximum atomic E-state index is 4.04. The zero-order valence-corrected chi connectivity index (χ0v) is 15.4. The van der Waals surface area contributed by atoms with Crippen LogP contribution in [0.25, 0.3) is 5.57 Å². The Morgan fingerprint density at radius 3 is 2.33 bits per heavy atom. The number of aryl methyl sites for hydroxylation is 2. The Balaban J connectivity index is 2.87. The highest BCUT2D eigenvalue weighted by Crippen LogP contribution is 2.20. The summed E-state index contributed by atoms with van der Waals surface area (Å²) in [6.45, 7) is 20.2. The summed E-state index contributed by atoms with van der Waals surface area (Å²) in [6, 6.07) is 6.62. The van der Waals surface area contributed by atoms with E-state index in [0.29, 0.717) is 0 Å². The smallest absolute Gasteiger partial charge is 0.0381 e. The van der Waals surface area contributed by atoms with Gasteiger partial charge in [-0.05, 0) is 61.1 Å². The lowest BCUT2D eigenvalue weighted by Gasteiger charge is -2.11. The zero-order chi connectivity index (χ0) is 18.1. The monoisotopic (exact) mass is 319 g/mol. The van der Waals surface area contributed by atoms with Gasteiger partial charge in [0.15, 0.2) is 0 Å². The fourth-order valence-electron chi connectivity index (χ4n) is 2.54. The van der Waals surface area contributed by atoms with E-state index in [-0.39, 0.29) is 0 Å². The number of allylic oxidation sites excluding steroid dienone is 6. The van der Waals surface area contributed by atoms with Crippen molar-refractivity contribution >= 4 is 5.57 Å². The second kappa shape index (κ2) is 9.57. The number of hydrogen-bond acceptors (Lipinski definition) is 1. The lowest BCUT2D eigenvalue weighted by molar-refractivity contribution is 1.04. The molecule has 0 aliphatic carbocycles. The van der Waals surface area contributed by atoms with Gasteiger partial charge >= 0.3 is 0 Å². The first kappa shape index (κ1) is 19.5. The van der Waals surface area contributed by atoms with Crippen molar-refractivity contribution in [3.8, 4) is 0 Å². The minimum absolute atomic E-state index is 0.794. The van der Waals surface area contributed by atoms with E-state index in [1.54, 1.807) is 6.08 Å². The summed E-state index contributed by atoms with van der Waals surface area (Å²) in [5.41, 5.74) is 7.68. The Morgan fingerprint density at radius 2 is 1.83 bits per heavy atom. The van der Waals surface area contributed by atoms with Gasteiger partial charge in [-0.1, -0.05) is 69.2 Å². The number of hydrogen-bond donors (Lipinski definition) is 1. The van der Waals surface area contributed by atoms with Crippen LogP contribution in [0.15, 0.2) is 85.3 Å². The van der Waals surface area contributed by atoms with Crippen molar-refractivity contribution < 1.29 is 0 Å². The van der Waals surface area contributed by atoms with E-state index in [0.717, 1.165) is 23.4 Å². The Bertz CT molecular complexity index is 712. The lowest BCUT2D eigenvalue weighted by Crippen LogP contribution is -2.10. The van der Waals surface area contributed by atoms with Crippen molar-refractivity contribution in [1.29, 1.82) is 0 Å². The van der Waals surface area contributed by atoms with E-state index in [2.05, 4.69) is 69.3 Å². The van der Waals surface area contributed by atoms with Gasteiger partial charge in [-0.2, -0.15) is 0 Å². The minimum Gasteiger partial charge on any atom is -0.356 e. The third kappa shape index (κ3) is 5.27. The topological polar surface area (TPSA) is 12.0 Å². The van der Waals surface area contributed by atoms with E-state index in [4.69, 9.17) is 0 Å². The standard InChI is InChI=1S/C23H29N/c1-8-20(9-2)19(7)24-18(6)12-13-22(11-4)23-15-14-21(10-3)17(5)16-23/h8-9,11-16,24H,1,6-7,10H2,2-5H3/b13-12-,20-9+,22-11+. The molecule has 24 heavy (non-hydrogen) atoms. The van der Waals surface area contributed by atoms with Crippen LogP contribution in [0.2, 0.25) is 0 Å². The highest BCUT2D eigenvalue weighted by molar-refractivity contribution is 5.74. The minimum atomic E-state index is 0.794. The highest BCUT2D eigenvalue weighted by atomic mass is 14.9. The summed E-state index contributed by atoms with van der Waals surface area (Å²) >= 11 is 0. The maximum Gasteiger partial charge on any atom is 0.0381 e. The van der Waals surface area contributed by atoms with Gasteiger partial charge in [-0.15, -0.1) is 0 Å². The van der Waals surface area contributed by atoms with Gasteiger partial charge in [-0.3, -0.25) is 0 Å². The molecular weight excluding hydrogens is 290 g/mol. The zero-order valence-electron chi connectivity index (χ0n) is 15.4. The van der Waals surface area contributed by atoms with Gasteiger partial charge in [0.25, 0.3) is 0 Å². The van der Waals surface area contributed by atoms with Crippen LogP contribution in [0.5, 0.6) is 0 Å². The first-order chi connectivity index (χ1) is 11.5. The molecule has 0 heterocycles. The molecule has 0 saturated heterocycles. The molecule has 0 saturated carbocycles. The van der Waals surface area contributed by atoms with E-state index in [9.17, 15) is 0 Å². The lowest BCUT2D eigenvalue weighted by atomic mass is 9.98. The SMILES string of the molecule is C=C/C(=C\C)C(=C)NC(=C)/C=C\C(=C/C)c1ccc(CC)c(C)c1. The second-order valence-corrected chi connectivity index (χ2v) is 5.65. The quantitative estimate of drug-likeness (QED) is 0.557. The number of nitrogens with one attached hydrogen (secondary N) is 1. The summed E-state index contributed by atoms with van der Waals surface area (Å²) in [5, 5.41) is 3.20. The maximum absolute atomic E-state index is 4.04. The van der Waals surface area contributed by atoms with Crippen LogP contribution in [0.1, 0.15) is 37.5 Å². The van der Waals surface area contributed by atoms with E-state index in [1.165, 1.54) is 22.3 Å². The van der Waals surface area contributed by atoms with Gasteiger partial charge in [0, 0.05) is 11.4 Å². The molecule has 1 N–H and O–H groups in total. The third-order valence-corrected chi connectivity index (χ3v) is 4.02.